The molecule has 7 heteroatoms. The van der Waals surface area contributed by atoms with Gasteiger partial charge in [-0.3, -0.25) is 4.90 Å². The minimum atomic E-state index is -0.835. The zero-order chi connectivity index (χ0) is 20.4. The lowest BCUT2D eigenvalue weighted by Gasteiger charge is -2.31. The average Bonchev–Trinajstić information content (AvgIpc) is 2.58. The lowest BCUT2D eigenvalue weighted by Crippen LogP contribution is -2.49. The van der Waals surface area contributed by atoms with Crippen molar-refractivity contribution in [2.75, 3.05) is 20.4 Å². The molecule has 1 aromatic rings. The fourth-order valence-electron chi connectivity index (χ4n) is 2.31. The van der Waals surface area contributed by atoms with Gasteiger partial charge in [-0.2, -0.15) is 0 Å². The predicted octanol–water partition coefficient (Wildman–Crippen LogP) is 4.54. The molecule has 152 valence electrons. The summed E-state index contributed by atoms with van der Waals surface area (Å²) in [5.41, 5.74) is 0.220. The third-order valence-electron chi connectivity index (χ3n) is 3.63. The number of halogens is 1. The predicted molar refractivity (Wildman–Crippen MR) is 107 cm³/mol. The number of hydrogen-bond donors (Lipinski definition) is 0. The number of esters is 1. The first-order chi connectivity index (χ1) is 12.7. The Kier molecular flexibility index (Phi) is 9.80. The summed E-state index contributed by atoms with van der Waals surface area (Å²) in [6, 6.07) is 6.75. The molecule has 0 aliphatic carbocycles. The van der Waals surface area contributed by atoms with Gasteiger partial charge < -0.3 is 14.2 Å². The Morgan fingerprint density at radius 3 is 2.33 bits per heavy atom. The van der Waals surface area contributed by atoms with Crippen molar-refractivity contribution in [3.8, 4) is 0 Å². The van der Waals surface area contributed by atoms with Gasteiger partial charge >= 0.3 is 12.1 Å². The van der Waals surface area contributed by atoms with E-state index < -0.39 is 23.7 Å². The topological polar surface area (TPSA) is 65.1 Å². The molecule has 27 heavy (non-hydrogen) atoms. The lowest BCUT2D eigenvalue weighted by molar-refractivity contribution is -0.152. The third-order valence-corrected chi connectivity index (χ3v) is 4.16. The minimum absolute atomic E-state index is 0.0705. The van der Waals surface area contributed by atoms with Crippen LogP contribution in [0.15, 0.2) is 28.7 Å². The minimum Gasteiger partial charge on any atom is -0.464 e. The smallest absolute Gasteiger partial charge is 0.412 e. The van der Waals surface area contributed by atoms with Gasteiger partial charge in [-0.1, -0.05) is 41.4 Å². The third kappa shape index (κ3) is 8.75. The molecule has 0 aliphatic heterocycles. The maximum Gasteiger partial charge on any atom is 0.412 e. The second-order valence-corrected chi connectivity index (χ2v) is 8.15. The Morgan fingerprint density at radius 1 is 1.19 bits per heavy atom. The van der Waals surface area contributed by atoms with Crippen molar-refractivity contribution in [1.82, 2.24) is 4.90 Å². The first-order valence-corrected chi connectivity index (χ1v) is 9.87. The maximum atomic E-state index is 12.7. The van der Waals surface area contributed by atoms with Gasteiger partial charge in [0.25, 0.3) is 0 Å². The quantitative estimate of drug-likeness (QED) is 0.318. The molecular formula is C20H30BrNO5. The van der Waals surface area contributed by atoms with Crippen molar-refractivity contribution in [3.05, 3.63) is 34.3 Å². The molecule has 1 atom stereocenters. The van der Waals surface area contributed by atoms with E-state index in [4.69, 9.17) is 14.2 Å². The van der Waals surface area contributed by atoms with Gasteiger partial charge in [-0.15, -0.1) is 0 Å². The number of nitrogens with zero attached hydrogens (tertiary/aromatic N) is 1. The maximum absolute atomic E-state index is 12.7. The van der Waals surface area contributed by atoms with E-state index in [0.717, 1.165) is 22.9 Å². The highest BCUT2D eigenvalue weighted by Crippen LogP contribution is 2.18. The molecule has 1 aromatic carbocycles. The van der Waals surface area contributed by atoms with Crippen LogP contribution in [0.3, 0.4) is 0 Å². The Morgan fingerprint density at radius 2 is 1.81 bits per heavy atom. The van der Waals surface area contributed by atoms with Crippen LogP contribution in [0.25, 0.3) is 0 Å². The molecule has 0 saturated heterocycles. The van der Waals surface area contributed by atoms with Crippen LogP contribution in [-0.2, 0) is 25.4 Å². The number of amides is 1. The van der Waals surface area contributed by atoms with E-state index in [1.165, 1.54) is 12.0 Å². The molecule has 0 bridgehead atoms. The zero-order valence-corrected chi connectivity index (χ0v) is 18.4. The normalized spacial score (nSPS) is 12.4. The Bertz CT molecular complexity index is 597. The standard InChI is InChI=1S/C20H30BrNO5/c1-6-7-12-26-18(23)17(13-15-8-10-16(21)11-9-15)22(14-25-5)19(24)27-20(2,3)4/h8-11,17H,6-7,12-14H2,1-5H3/t17-/m0/s1. The van der Waals surface area contributed by atoms with Crippen LogP contribution >= 0.6 is 15.9 Å². The summed E-state index contributed by atoms with van der Waals surface area (Å²) >= 11 is 3.40. The highest BCUT2D eigenvalue weighted by Gasteiger charge is 2.34. The van der Waals surface area contributed by atoms with E-state index in [-0.39, 0.29) is 6.73 Å². The van der Waals surface area contributed by atoms with Crippen molar-refractivity contribution < 1.29 is 23.8 Å². The van der Waals surface area contributed by atoms with Crippen molar-refractivity contribution in [1.29, 1.82) is 0 Å². The van der Waals surface area contributed by atoms with Gasteiger partial charge in [0.15, 0.2) is 0 Å². The van der Waals surface area contributed by atoms with Crippen molar-refractivity contribution in [3.63, 3.8) is 0 Å². The fraction of sp³-hybridized carbons (Fsp3) is 0.600. The summed E-state index contributed by atoms with van der Waals surface area (Å²) in [5, 5.41) is 0. The molecule has 0 saturated carbocycles. The number of hydrogen-bond acceptors (Lipinski definition) is 5. The highest BCUT2D eigenvalue weighted by molar-refractivity contribution is 9.10. The van der Waals surface area contributed by atoms with E-state index in [9.17, 15) is 9.59 Å². The summed E-state index contributed by atoms with van der Waals surface area (Å²) in [6.45, 7) is 7.60. The van der Waals surface area contributed by atoms with Crippen LogP contribution in [0.1, 0.15) is 46.1 Å². The highest BCUT2D eigenvalue weighted by atomic mass is 79.9. The Balaban J connectivity index is 3.07. The van der Waals surface area contributed by atoms with Gasteiger partial charge in [-0.05, 0) is 44.9 Å². The van der Waals surface area contributed by atoms with E-state index in [1.807, 2.05) is 31.2 Å². The molecule has 0 aromatic heterocycles. The molecule has 0 fully saturated rings. The molecule has 0 radical (unpaired) electrons. The Labute approximate surface area is 170 Å². The van der Waals surface area contributed by atoms with Crippen LogP contribution in [-0.4, -0.2) is 49.1 Å². The molecule has 0 spiro atoms. The van der Waals surface area contributed by atoms with Gasteiger partial charge in [0.2, 0.25) is 0 Å². The van der Waals surface area contributed by atoms with Crippen LogP contribution in [0.2, 0.25) is 0 Å². The van der Waals surface area contributed by atoms with E-state index in [2.05, 4.69) is 15.9 Å². The molecule has 0 heterocycles. The van der Waals surface area contributed by atoms with Crippen LogP contribution in [0.5, 0.6) is 0 Å². The van der Waals surface area contributed by atoms with Crippen molar-refractivity contribution >= 4 is 28.0 Å². The fourth-order valence-corrected chi connectivity index (χ4v) is 2.57. The lowest BCUT2D eigenvalue weighted by atomic mass is 10.1. The number of carbonyl (C=O) groups excluding carboxylic acids is 2. The van der Waals surface area contributed by atoms with Gasteiger partial charge in [0, 0.05) is 18.0 Å². The molecule has 1 rings (SSSR count). The second kappa shape index (κ2) is 11.3. The summed E-state index contributed by atoms with van der Waals surface area (Å²) in [5.74, 6) is -0.464. The number of unbranched alkanes of at least 4 members (excludes halogenated alkanes) is 1. The van der Waals surface area contributed by atoms with E-state index in [0.29, 0.717) is 13.0 Å². The first kappa shape index (κ1) is 23.4. The molecule has 1 amide bonds. The average molecular weight is 444 g/mol. The summed E-state index contributed by atoms with van der Waals surface area (Å²) in [7, 11) is 1.47. The monoisotopic (exact) mass is 443 g/mol. The Hall–Kier alpha value is -1.60. The van der Waals surface area contributed by atoms with E-state index >= 15 is 0 Å². The summed E-state index contributed by atoms with van der Waals surface area (Å²) in [6.07, 6.45) is 1.38. The van der Waals surface area contributed by atoms with Gasteiger partial charge in [-0.25, -0.2) is 9.59 Å². The molecular weight excluding hydrogens is 414 g/mol. The number of rotatable bonds is 9. The van der Waals surface area contributed by atoms with Crippen LogP contribution < -0.4 is 0 Å². The van der Waals surface area contributed by atoms with Gasteiger partial charge in [0.05, 0.1) is 6.61 Å². The first-order valence-electron chi connectivity index (χ1n) is 9.07. The van der Waals surface area contributed by atoms with Crippen molar-refractivity contribution in [2.45, 2.75) is 58.6 Å². The number of benzene rings is 1. The number of ether oxygens (including phenoxy) is 3. The summed E-state index contributed by atoms with van der Waals surface area (Å²) < 4.78 is 17.0. The zero-order valence-electron chi connectivity index (χ0n) is 16.8. The largest absolute Gasteiger partial charge is 0.464 e. The molecule has 0 unspecified atom stereocenters. The second-order valence-electron chi connectivity index (χ2n) is 7.24. The molecule has 0 N–H and O–H groups in total. The molecule has 6 nitrogen and oxygen atoms in total. The molecule has 0 aliphatic rings. The van der Waals surface area contributed by atoms with Gasteiger partial charge in [0.1, 0.15) is 18.4 Å². The number of carbonyl (C=O) groups is 2. The SMILES string of the molecule is CCCCOC(=O)[C@H](Cc1ccc(Br)cc1)N(COC)C(=O)OC(C)(C)C. The van der Waals surface area contributed by atoms with Crippen LogP contribution in [0.4, 0.5) is 4.79 Å². The number of methoxy groups -OCH3 is 1. The van der Waals surface area contributed by atoms with Crippen molar-refractivity contribution in [2.24, 2.45) is 0 Å². The van der Waals surface area contributed by atoms with E-state index in [1.54, 1.807) is 20.8 Å². The summed E-state index contributed by atoms with van der Waals surface area (Å²) in [4.78, 5) is 26.7. The van der Waals surface area contributed by atoms with Crippen LogP contribution in [0, 0.1) is 0 Å².